The van der Waals surface area contributed by atoms with Crippen LogP contribution in [-0.2, 0) is 17.8 Å². The second-order valence-corrected chi connectivity index (χ2v) is 7.17. The predicted molar refractivity (Wildman–Crippen MR) is 130 cm³/mol. The normalized spacial score (nSPS) is 14.3. The number of nitrogens with zero attached hydrogens (tertiary/aromatic N) is 4. The van der Waals surface area contributed by atoms with E-state index in [0.29, 0.717) is 6.54 Å². The Morgan fingerprint density at radius 3 is 2.66 bits per heavy atom. The summed E-state index contributed by atoms with van der Waals surface area (Å²) in [5.74, 6) is 1.87. The van der Waals surface area contributed by atoms with Crippen molar-refractivity contribution in [3.8, 4) is 0 Å². The first kappa shape index (κ1) is 23.7. The number of halogens is 2. The molecule has 1 aliphatic rings. The summed E-state index contributed by atoms with van der Waals surface area (Å²) in [6, 6.07) is 12.0. The van der Waals surface area contributed by atoms with E-state index in [1.165, 1.54) is 5.56 Å². The molecule has 6 nitrogen and oxygen atoms in total. The SMILES string of the molecule is CCNC(=NCc1cccnc1N1CCOCC1)N(C)Cc1ccc(Cl)cc1.I. The van der Waals surface area contributed by atoms with Gasteiger partial charge in [-0.15, -0.1) is 24.0 Å². The summed E-state index contributed by atoms with van der Waals surface area (Å²) >= 11 is 5.99. The molecule has 29 heavy (non-hydrogen) atoms. The Labute approximate surface area is 195 Å². The van der Waals surface area contributed by atoms with Crippen LogP contribution in [0.4, 0.5) is 5.82 Å². The standard InChI is InChI=1S/C21H28ClN5O.HI/c1-3-23-21(26(2)16-17-6-8-19(22)9-7-17)25-15-18-5-4-10-24-20(18)27-11-13-28-14-12-27;/h4-10H,3,11-16H2,1-2H3,(H,23,25);1H. The average molecular weight is 530 g/mol. The molecule has 1 aromatic carbocycles. The number of hydrogen-bond acceptors (Lipinski definition) is 4. The lowest BCUT2D eigenvalue weighted by atomic mass is 10.2. The van der Waals surface area contributed by atoms with Gasteiger partial charge in [0.25, 0.3) is 0 Å². The van der Waals surface area contributed by atoms with Crippen LogP contribution in [0.25, 0.3) is 0 Å². The maximum atomic E-state index is 5.99. The molecule has 3 rings (SSSR count). The van der Waals surface area contributed by atoms with Gasteiger partial charge in [0.1, 0.15) is 5.82 Å². The van der Waals surface area contributed by atoms with Crippen LogP contribution in [0.5, 0.6) is 0 Å². The lowest BCUT2D eigenvalue weighted by Gasteiger charge is -2.29. The van der Waals surface area contributed by atoms with E-state index in [9.17, 15) is 0 Å². The number of hydrogen-bond donors (Lipinski definition) is 1. The van der Waals surface area contributed by atoms with Gasteiger partial charge in [-0.2, -0.15) is 0 Å². The van der Waals surface area contributed by atoms with Crippen molar-refractivity contribution in [2.75, 3.05) is 44.8 Å². The lowest BCUT2D eigenvalue weighted by Crippen LogP contribution is -2.39. The Kier molecular flexibility index (Phi) is 9.96. The first-order valence-corrected chi connectivity index (χ1v) is 10.1. The van der Waals surface area contributed by atoms with Crippen molar-refractivity contribution in [2.45, 2.75) is 20.0 Å². The maximum Gasteiger partial charge on any atom is 0.194 e. The highest BCUT2D eigenvalue weighted by Gasteiger charge is 2.16. The zero-order valence-electron chi connectivity index (χ0n) is 17.0. The number of pyridine rings is 1. The summed E-state index contributed by atoms with van der Waals surface area (Å²) in [5.41, 5.74) is 2.31. The van der Waals surface area contributed by atoms with Gasteiger partial charge in [0, 0.05) is 50.0 Å². The highest BCUT2D eigenvalue weighted by molar-refractivity contribution is 14.0. The van der Waals surface area contributed by atoms with Gasteiger partial charge in [-0.05, 0) is 30.7 Å². The number of guanidine groups is 1. The number of aliphatic imine (C=N–C) groups is 1. The van der Waals surface area contributed by atoms with Crippen molar-refractivity contribution in [3.63, 3.8) is 0 Å². The summed E-state index contributed by atoms with van der Waals surface area (Å²) < 4.78 is 5.46. The predicted octanol–water partition coefficient (Wildman–Crippen LogP) is 3.79. The lowest BCUT2D eigenvalue weighted by molar-refractivity contribution is 0.122. The number of ether oxygens (including phenoxy) is 1. The van der Waals surface area contributed by atoms with E-state index in [-0.39, 0.29) is 24.0 Å². The monoisotopic (exact) mass is 529 g/mol. The van der Waals surface area contributed by atoms with E-state index < -0.39 is 0 Å². The first-order valence-electron chi connectivity index (χ1n) is 9.68. The van der Waals surface area contributed by atoms with Gasteiger partial charge in [0.15, 0.2) is 5.96 Å². The van der Waals surface area contributed by atoms with Crippen molar-refractivity contribution in [2.24, 2.45) is 4.99 Å². The summed E-state index contributed by atoms with van der Waals surface area (Å²) in [5, 5.41) is 4.13. The van der Waals surface area contributed by atoms with Gasteiger partial charge >= 0.3 is 0 Å². The Morgan fingerprint density at radius 1 is 1.24 bits per heavy atom. The van der Waals surface area contributed by atoms with Gasteiger partial charge in [0.05, 0.1) is 19.8 Å². The van der Waals surface area contributed by atoms with Crippen LogP contribution in [-0.4, -0.2) is 55.7 Å². The number of morpholine rings is 1. The molecule has 0 radical (unpaired) electrons. The highest BCUT2D eigenvalue weighted by atomic mass is 127. The van der Waals surface area contributed by atoms with Crippen molar-refractivity contribution in [3.05, 3.63) is 58.7 Å². The molecule has 1 N–H and O–H groups in total. The van der Waals surface area contributed by atoms with Crippen LogP contribution in [0, 0.1) is 0 Å². The van der Waals surface area contributed by atoms with Crippen molar-refractivity contribution in [1.29, 1.82) is 0 Å². The second-order valence-electron chi connectivity index (χ2n) is 6.74. The fraction of sp³-hybridized carbons (Fsp3) is 0.429. The number of aromatic nitrogens is 1. The number of benzene rings is 1. The van der Waals surface area contributed by atoms with Gasteiger partial charge < -0.3 is 19.9 Å². The van der Waals surface area contributed by atoms with E-state index in [1.807, 2.05) is 43.6 Å². The summed E-state index contributed by atoms with van der Waals surface area (Å²) in [7, 11) is 2.04. The Morgan fingerprint density at radius 2 is 1.97 bits per heavy atom. The zero-order chi connectivity index (χ0) is 19.8. The maximum absolute atomic E-state index is 5.99. The van der Waals surface area contributed by atoms with Crippen molar-refractivity contribution < 1.29 is 4.74 Å². The molecule has 8 heteroatoms. The van der Waals surface area contributed by atoms with E-state index in [1.54, 1.807) is 0 Å². The summed E-state index contributed by atoms with van der Waals surface area (Å²) in [6.45, 7) is 7.44. The summed E-state index contributed by atoms with van der Waals surface area (Å²) in [4.78, 5) is 13.9. The molecule has 2 aromatic rings. The fourth-order valence-corrected chi connectivity index (χ4v) is 3.31. The molecule has 0 saturated carbocycles. The molecule has 0 unspecified atom stereocenters. The van der Waals surface area contributed by atoms with Crippen LogP contribution in [0.2, 0.25) is 5.02 Å². The van der Waals surface area contributed by atoms with E-state index in [4.69, 9.17) is 21.3 Å². The molecular weight excluding hydrogens is 501 g/mol. The molecule has 1 saturated heterocycles. The second kappa shape index (κ2) is 12.2. The topological polar surface area (TPSA) is 53.0 Å². The van der Waals surface area contributed by atoms with E-state index >= 15 is 0 Å². The largest absolute Gasteiger partial charge is 0.378 e. The molecule has 1 aromatic heterocycles. The fourth-order valence-electron chi connectivity index (χ4n) is 3.18. The molecule has 0 amide bonds. The number of anilines is 1. The van der Waals surface area contributed by atoms with Crippen LogP contribution in [0.15, 0.2) is 47.6 Å². The van der Waals surface area contributed by atoms with Crippen LogP contribution in [0.1, 0.15) is 18.1 Å². The van der Waals surface area contributed by atoms with Crippen molar-refractivity contribution >= 4 is 47.4 Å². The van der Waals surface area contributed by atoms with Gasteiger partial charge in [-0.25, -0.2) is 9.98 Å². The van der Waals surface area contributed by atoms with Gasteiger partial charge in [-0.1, -0.05) is 29.8 Å². The van der Waals surface area contributed by atoms with Crippen molar-refractivity contribution in [1.82, 2.24) is 15.2 Å². The zero-order valence-corrected chi connectivity index (χ0v) is 20.1. The smallest absolute Gasteiger partial charge is 0.194 e. The highest BCUT2D eigenvalue weighted by Crippen LogP contribution is 2.19. The molecule has 0 bridgehead atoms. The molecule has 0 spiro atoms. The Hall–Kier alpha value is -1.58. The third-order valence-corrected chi connectivity index (χ3v) is 4.86. The van der Waals surface area contributed by atoms with Crippen LogP contribution >= 0.6 is 35.6 Å². The minimum Gasteiger partial charge on any atom is -0.378 e. The van der Waals surface area contributed by atoms with E-state index in [0.717, 1.165) is 61.8 Å². The first-order chi connectivity index (χ1) is 13.7. The number of rotatable bonds is 6. The molecule has 158 valence electrons. The molecular formula is C21H29ClIN5O. The van der Waals surface area contributed by atoms with Gasteiger partial charge in [0.2, 0.25) is 0 Å². The third kappa shape index (κ3) is 7.01. The molecule has 2 heterocycles. The Bertz CT molecular complexity index is 781. The minimum absolute atomic E-state index is 0. The molecule has 1 aliphatic heterocycles. The average Bonchev–Trinajstić information content (AvgIpc) is 2.73. The summed E-state index contributed by atoms with van der Waals surface area (Å²) in [6.07, 6.45) is 1.84. The van der Waals surface area contributed by atoms with Gasteiger partial charge in [-0.3, -0.25) is 0 Å². The number of nitrogens with one attached hydrogen (secondary N) is 1. The Balaban J connectivity index is 0.00000300. The molecule has 1 fully saturated rings. The van der Waals surface area contributed by atoms with E-state index in [2.05, 4.69) is 33.1 Å². The molecule has 0 aliphatic carbocycles. The van der Waals surface area contributed by atoms with Crippen LogP contribution < -0.4 is 10.2 Å². The quantitative estimate of drug-likeness (QED) is 0.351. The third-order valence-electron chi connectivity index (χ3n) is 4.61. The van der Waals surface area contributed by atoms with Crippen LogP contribution in [0.3, 0.4) is 0 Å². The molecule has 0 atom stereocenters. The minimum atomic E-state index is 0.